The van der Waals surface area contributed by atoms with Gasteiger partial charge in [0.1, 0.15) is 5.75 Å². The normalized spacial score (nSPS) is 12.5. The summed E-state index contributed by atoms with van der Waals surface area (Å²) in [5.41, 5.74) is 0.731. The summed E-state index contributed by atoms with van der Waals surface area (Å²) >= 11 is 6.31. The van der Waals surface area contributed by atoms with Crippen LogP contribution in [0.25, 0.3) is 20.8 Å². The van der Waals surface area contributed by atoms with Crippen LogP contribution in [-0.4, -0.2) is 30.1 Å². The molecule has 0 aliphatic carbocycles. The molecule has 0 unspecified atom stereocenters. The molecule has 0 radical (unpaired) electrons. The van der Waals surface area contributed by atoms with Crippen LogP contribution in [0, 0.1) is 13.1 Å². The third-order valence-corrected chi connectivity index (χ3v) is 4.18. The predicted octanol–water partition coefficient (Wildman–Crippen LogP) is 3.50. The van der Waals surface area contributed by atoms with Gasteiger partial charge in [0, 0.05) is 12.1 Å². The lowest BCUT2D eigenvalue weighted by molar-refractivity contribution is 0.0974. The van der Waals surface area contributed by atoms with E-state index in [0.717, 1.165) is 0 Å². The maximum atomic E-state index is 12.8. The number of hydrogen-bond acceptors (Lipinski definition) is 4. The number of hydrogen-bond donors (Lipinski definition) is 3. The average Bonchev–Trinajstić information content (AvgIpc) is 3.14. The van der Waals surface area contributed by atoms with Crippen molar-refractivity contribution in [1.82, 2.24) is 10.6 Å². The fourth-order valence-corrected chi connectivity index (χ4v) is 2.89. The Morgan fingerprint density at radius 3 is 2.65 bits per heavy atom. The van der Waals surface area contributed by atoms with E-state index < -0.39 is 5.91 Å². The van der Waals surface area contributed by atoms with Gasteiger partial charge in [0.25, 0.3) is 5.91 Å². The first kappa shape index (κ1) is 17.3. The number of aliphatic imine (C=N–C) groups is 1. The average molecular weight is 366 g/mol. The summed E-state index contributed by atoms with van der Waals surface area (Å²) in [4.78, 5) is 23.6. The van der Waals surface area contributed by atoms with E-state index in [-0.39, 0.29) is 33.3 Å². The van der Waals surface area contributed by atoms with Crippen molar-refractivity contribution in [3.05, 3.63) is 63.8 Å². The SMILES string of the molecule is [C-]#[N+]c1cccc(-c2c([N+]#[C-])ccc(O)c2C(=O)NC2=NCCN2)c1Cl. The van der Waals surface area contributed by atoms with Gasteiger partial charge < -0.3 is 10.4 Å². The predicted molar refractivity (Wildman–Crippen MR) is 98.8 cm³/mol. The van der Waals surface area contributed by atoms with E-state index in [1.807, 2.05) is 0 Å². The number of nitrogens with one attached hydrogen (secondary N) is 2. The van der Waals surface area contributed by atoms with Gasteiger partial charge in [0.2, 0.25) is 5.69 Å². The largest absolute Gasteiger partial charge is 0.507 e. The van der Waals surface area contributed by atoms with E-state index in [4.69, 9.17) is 24.7 Å². The molecule has 2 aromatic carbocycles. The van der Waals surface area contributed by atoms with Crippen LogP contribution in [0.4, 0.5) is 11.4 Å². The van der Waals surface area contributed by atoms with Gasteiger partial charge in [0.15, 0.2) is 11.6 Å². The Balaban J connectivity index is 2.21. The fraction of sp³-hybridized carbons (Fsp3) is 0.111. The summed E-state index contributed by atoms with van der Waals surface area (Å²) in [7, 11) is 0. The molecule has 1 heterocycles. The summed E-state index contributed by atoms with van der Waals surface area (Å²) in [6, 6.07) is 7.43. The minimum Gasteiger partial charge on any atom is -0.507 e. The number of carbonyl (C=O) groups is 1. The molecule has 8 heteroatoms. The number of benzene rings is 2. The second-order valence-electron chi connectivity index (χ2n) is 5.33. The molecule has 0 atom stereocenters. The molecule has 2 aromatic rings. The van der Waals surface area contributed by atoms with Crippen LogP contribution in [0.2, 0.25) is 5.02 Å². The second-order valence-corrected chi connectivity index (χ2v) is 5.71. The van der Waals surface area contributed by atoms with E-state index >= 15 is 0 Å². The monoisotopic (exact) mass is 365 g/mol. The summed E-state index contributed by atoms with van der Waals surface area (Å²) in [6.45, 7) is 15.7. The Bertz CT molecular complexity index is 1020. The van der Waals surface area contributed by atoms with Crippen molar-refractivity contribution in [1.29, 1.82) is 0 Å². The molecule has 0 saturated carbocycles. The van der Waals surface area contributed by atoms with Crippen LogP contribution in [0.1, 0.15) is 10.4 Å². The molecule has 1 amide bonds. The van der Waals surface area contributed by atoms with E-state index in [1.165, 1.54) is 18.2 Å². The fourth-order valence-electron chi connectivity index (χ4n) is 2.63. The number of phenolic OH excluding ortho intramolecular Hbond substituents is 1. The first-order valence-electron chi connectivity index (χ1n) is 7.56. The quantitative estimate of drug-likeness (QED) is 0.712. The maximum Gasteiger partial charge on any atom is 0.261 e. The van der Waals surface area contributed by atoms with Gasteiger partial charge in [-0.2, -0.15) is 0 Å². The highest BCUT2D eigenvalue weighted by molar-refractivity contribution is 6.36. The lowest BCUT2D eigenvalue weighted by atomic mass is 9.95. The van der Waals surface area contributed by atoms with Gasteiger partial charge in [0.05, 0.1) is 30.3 Å². The Labute approximate surface area is 154 Å². The van der Waals surface area contributed by atoms with Crippen LogP contribution < -0.4 is 10.6 Å². The van der Waals surface area contributed by atoms with Crippen LogP contribution >= 0.6 is 11.6 Å². The van der Waals surface area contributed by atoms with Gasteiger partial charge in [-0.05, 0) is 11.6 Å². The topological polar surface area (TPSA) is 82.4 Å². The molecular formula is C18H12ClN5O2. The number of aromatic hydroxyl groups is 1. The molecule has 0 bridgehead atoms. The highest BCUT2D eigenvalue weighted by Gasteiger charge is 2.24. The highest BCUT2D eigenvalue weighted by atomic mass is 35.5. The van der Waals surface area contributed by atoms with Crippen molar-refractivity contribution in [2.75, 3.05) is 13.1 Å². The van der Waals surface area contributed by atoms with Crippen molar-refractivity contribution in [3.63, 3.8) is 0 Å². The molecule has 0 saturated heterocycles. The van der Waals surface area contributed by atoms with Gasteiger partial charge in [-0.1, -0.05) is 35.9 Å². The molecule has 1 aliphatic heterocycles. The van der Waals surface area contributed by atoms with Crippen molar-refractivity contribution in [3.8, 4) is 16.9 Å². The Morgan fingerprint density at radius 1 is 1.23 bits per heavy atom. The van der Waals surface area contributed by atoms with Gasteiger partial charge in [-0.25, -0.2) is 9.69 Å². The van der Waals surface area contributed by atoms with E-state index in [0.29, 0.717) is 24.6 Å². The number of carbonyl (C=O) groups excluding carboxylic acids is 1. The number of halogens is 1. The van der Waals surface area contributed by atoms with Crippen molar-refractivity contribution in [2.24, 2.45) is 4.99 Å². The molecule has 3 rings (SSSR count). The van der Waals surface area contributed by atoms with E-state index in [1.54, 1.807) is 12.1 Å². The van der Waals surface area contributed by atoms with E-state index in [9.17, 15) is 9.90 Å². The van der Waals surface area contributed by atoms with Gasteiger partial charge in [-0.15, -0.1) is 0 Å². The number of rotatable bonds is 2. The molecule has 0 spiro atoms. The standard InChI is InChI=1S/C18H12ClN5O2/c1-20-11-6-7-13(25)15(17(26)24-18-22-8-9-23-18)14(11)10-4-3-5-12(21-2)16(10)19/h3-7,25H,8-9H2,(H2,22,23,24,26). The number of phenols is 1. The van der Waals surface area contributed by atoms with Gasteiger partial charge >= 0.3 is 0 Å². The lowest BCUT2D eigenvalue weighted by Crippen LogP contribution is -2.38. The minimum atomic E-state index is -0.625. The lowest BCUT2D eigenvalue weighted by Gasteiger charge is -2.15. The molecular weight excluding hydrogens is 354 g/mol. The molecule has 0 aromatic heterocycles. The zero-order chi connectivity index (χ0) is 18.7. The Hall–Kier alpha value is -3.55. The van der Waals surface area contributed by atoms with Crippen molar-refractivity contribution in [2.45, 2.75) is 0 Å². The molecule has 3 N–H and O–H groups in total. The molecule has 0 fully saturated rings. The molecule has 7 nitrogen and oxygen atoms in total. The maximum absolute atomic E-state index is 12.8. The van der Waals surface area contributed by atoms with Crippen molar-refractivity contribution >= 4 is 34.8 Å². The van der Waals surface area contributed by atoms with Crippen LogP contribution in [0.5, 0.6) is 5.75 Å². The molecule has 1 aliphatic rings. The van der Waals surface area contributed by atoms with Crippen LogP contribution in [0.3, 0.4) is 0 Å². The Morgan fingerprint density at radius 2 is 2.00 bits per heavy atom. The smallest absolute Gasteiger partial charge is 0.261 e. The first-order chi connectivity index (χ1) is 12.6. The number of amides is 1. The summed E-state index contributed by atoms with van der Waals surface area (Å²) in [6.07, 6.45) is 0. The summed E-state index contributed by atoms with van der Waals surface area (Å²) in [5.74, 6) is -0.622. The molecule has 128 valence electrons. The third kappa shape index (κ3) is 3.04. The summed E-state index contributed by atoms with van der Waals surface area (Å²) < 4.78 is 0. The number of guanidine groups is 1. The highest BCUT2D eigenvalue weighted by Crippen LogP contribution is 2.44. The summed E-state index contributed by atoms with van der Waals surface area (Å²) in [5, 5.41) is 15.9. The minimum absolute atomic E-state index is 0.0982. The first-order valence-corrected chi connectivity index (χ1v) is 7.94. The third-order valence-electron chi connectivity index (χ3n) is 3.78. The van der Waals surface area contributed by atoms with E-state index in [2.05, 4.69) is 25.3 Å². The zero-order valence-electron chi connectivity index (χ0n) is 13.4. The zero-order valence-corrected chi connectivity index (χ0v) is 14.1. The number of nitrogens with zero attached hydrogens (tertiary/aromatic N) is 3. The molecule has 26 heavy (non-hydrogen) atoms. The van der Waals surface area contributed by atoms with Crippen LogP contribution in [0.15, 0.2) is 35.3 Å². The van der Waals surface area contributed by atoms with Crippen molar-refractivity contribution < 1.29 is 9.90 Å². The Kier molecular flexibility index (Phi) is 4.74. The second kappa shape index (κ2) is 7.14. The van der Waals surface area contributed by atoms with Crippen LogP contribution in [-0.2, 0) is 0 Å². The van der Waals surface area contributed by atoms with Gasteiger partial charge in [-0.3, -0.25) is 15.1 Å².